The van der Waals surface area contributed by atoms with Gasteiger partial charge in [0.1, 0.15) is 17.8 Å². The van der Waals surface area contributed by atoms with E-state index >= 15 is 0 Å². The minimum absolute atomic E-state index is 0.190. The Bertz CT molecular complexity index is 721. The Hall–Kier alpha value is -2.21. The molecule has 0 saturated carbocycles. The van der Waals surface area contributed by atoms with E-state index in [1.54, 1.807) is 24.4 Å². The lowest BCUT2D eigenvalue weighted by Crippen LogP contribution is -2.05. The second-order valence-corrected chi connectivity index (χ2v) is 6.36. The summed E-state index contributed by atoms with van der Waals surface area (Å²) >= 11 is 1.66. The van der Waals surface area contributed by atoms with Gasteiger partial charge in [-0.2, -0.15) is 0 Å². The van der Waals surface area contributed by atoms with E-state index in [1.165, 1.54) is 5.56 Å². The summed E-state index contributed by atoms with van der Waals surface area (Å²) in [6.07, 6.45) is 3.59. The molecule has 2 heterocycles. The van der Waals surface area contributed by atoms with Gasteiger partial charge < -0.3 is 13.7 Å². The molecule has 0 fully saturated rings. The summed E-state index contributed by atoms with van der Waals surface area (Å²) in [5.74, 6) is 2.62. The summed E-state index contributed by atoms with van der Waals surface area (Å²) in [5, 5.41) is 9.05. The predicted octanol–water partition coefficient (Wildman–Crippen LogP) is 4.00. The molecule has 6 heteroatoms. The van der Waals surface area contributed by atoms with E-state index in [1.807, 2.05) is 42.7 Å². The normalized spacial score (nSPS) is 11.1. The molecule has 0 amide bonds. The van der Waals surface area contributed by atoms with Gasteiger partial charge in [0.15, 0.2) is 5.16 Å². The van der Waals surface area contributed by atoms with E-state index in [0.29, 0.717) is 6.54 Å². The van der Waals surface area contributed by atoms with Crippen molar-refractivity contribution >= 4 is 11.8 Å². The molecule has 5 nitrogen and oxygen atoms in total. The Labute approximate surface area is 139 Å². The molecule has 0 aliphatic heterocycles. The molecule has 0 bridgehead atoms. The lowest BCUT2D eigenvalue weighted by molar-refractivity contribution is 0.242. The van der Waals surface area contributed by atoms with Gasteiger partial charge in [-0.3, -0.25) is 0 Å². The van der Waals surface area contributed by atoms with Crippen LogP contribution in [0, 0.1) is 0 Å². The number of aromatic nitrogens is 3. The highest BCUT2D eigenvalue weighted by atomic mass is 32.2. The fraction of sp³-hybridized carbons (Fsp3) is 0.294. The lowest BCUT2D eigenvalue weighted by atomic mass is 10.2. The first-order valence-corrected chi connectivity index (χ1v) is 8.48. The molecule has 0 radical (unpaired) electrons. The number of benzene rings is 1. The van der Waals surface area contributed by atoms with Crippen LogP contribution < -0.4 is 4.74 Å². The Morgan fingerprint density at radius 1 is 1.22 bits per heavy atom. The van der Waals surface area contributed by atoms with Crippen molar-refractivity contribution in [3.05, 3.63) is 60.3 Å². The van der Waals surface area contributed by atoms with Gasteiger partial charge in [0, 0.05) is 5.75 Å². The third-order valence-electron chi connectivity index (χ3n) is 3.15. The van der Waals surface area contributed by atoms with E-state index < -0.39 is 0 Å². The van der Waals surface area contributed by atoms with Crippen LogP contribution in [0.3, 0.4) is 0 Å². The molecule has 0 unspecified atom stereocenters. The van der Waals surface area contributed by atoms with Gasteiger partial charge >= 0.3 is 0 Å². The van der Waals surface area contributed by atoms with Crippen molar-refractivity contribution in [1.29, 1.82) is 0 Å². The summed E-state index contributed by atoms with van der Waals surface area (Å²) in [7, 11) is 0. The quantitative estimate of drug-likeness (QED) is 0.613. The van der Waals surface area contributed by atoms with Crippen LogP contribution in [0.15, 0.2) is 58.6 Å². The summed E-state index contributed by atoms with van der Waals surface area (Å²) in [4.78, 5) is 0. The predicted molar refractivity (Wildman–Crippen MR) is 89.6 cm³/mol. The number of hydrogen-bond acceptors (Lipinski definition) is 5. The molecule has 2 aromatic heterocycles. The summed E-state index contributed by atoms with van der Waals surface area (Å²) < 4.78 is 13.0. The highest BCUT2D eigenvalue weighted by Crippen LogP contribution is 2.23. The Morgan fingerprint density at radius 3 is 2.74 bits per heavy atom. The topological polar surface area (TPSA) is 53.1 Å². The van der Waals surface area contributed by atoms with Gasteiger partial charge in [-0.15, -0.1) is 10.2 Å². The average Bonchev–Trinajstić information content (AvgIpc) is 3.18. The maximum Gasteiger partial charge on any atom is 0.191 e. The van der Waals surface area contributed by atoms with Crippen molar-refractivity contribution in [3.8, 4) is 5.75 Å². The fourth-order valence-electron chi connectivity index (χ4n) is 2.12. The number of rotatable bonds is 7. The third kappa shape index (κ3) is 4.39. The van der Waals surface area contributed by atoms with Crippen LogP contribution in [0.1, 0.15) is 25.2 Å². The summed E-state index contributed by atoms with van der Waals surface area (Å²) in [6, 6.07) is 12.0. The highest BCUT2D eigenvalue weighted by Gasteiger charge is 2.08. The van der Waals surface area contributed by atoms with E-state index in [0.717, 1.165) is 22.4 Å². The first-order chi connectivity index (χ1) is 11.2. The standard InChI is InChI=1S/C17H19N3O2S/c1-13(2)22-15-7-5-14(6-8-15)11-23-17-19-18-12-20(17)10-16-4-3-9-21-16/h3-9,12-13H,10-11H2,1-2H3. The van der Waals surface area contributed by atoms with E-state index in [4.69, 9.17) is 9.15 Å². The molecule has 0 aliphatic carbocycles. The number of furan rings is 1. The van der Waals surface area contributed by atoms with Crippen LogP contribution in [0.25, 0.3) is 0 Å². The molecule has 23 heavy (non-hydrogen) atoms. The number of thioether (sulfide) groups is 1. The van der Waals surface area contributed by atoms with Gasteiger partial charge in [0.2, 0.25) is 0 Å². The second-order valence-electron chi connectivity index (χ2n) is 5.42. The Kier molecular flexibility index (Phi) is 5.02. The first-order valence-electron chi connectivity index (χ1n) is 7.49. The number of nitrogens with zero attached hydrogens (tertiary/aromatic N) is 3. The maximum absolute atomic E-state index is 5.65. The molecule has 0 spiro atoms. The number of hydrogen-bond donors (Lipinski definition) is 0. The lowest BCUT2D eigenvalue weighted by Gasteiger charge is -2.10. The summed E-state index contributed by atoms with van der Waals surface area (Å²) in [6.45, 7) is 4.69. The van der Waals surface area contributed by atoms with E-state index in [-0.39, 0.29) is 6.10 Å². The van der Waals surface area contributed by atoms with Gasteiger partial charge in [-0.1, -0.05) is 23.9 Å². The zero-order valence-corrected chi connectivity index (χ0v) is 14.0. The molecule has 1 aromatic carbocycles. The van der Waals surface area contributed by atoms with Gasteiger partial charge in [0.05, 0.1) is 18.9 Å². The zero-order chi connectivity index (χ0) is 16.1. The Balaban J connectivity index is 1.59. The van der Waals surface area contributed by atoms with Gasteiger partial charge in [0.25, 0.3) is 0 Å². The fourth-order valence-corrected chi connectivity index (χ4v) is 2.99. The zero-order valence-electron chi connectivity index (χ0n) is 13.2. The van der Waals surface area contributed by atoms with E-state index in [9.17, 15) is 0 Å². The molecular formula is C17H19N3O2S. The molecule has 0 aliphatic rings. The highest BCUT2D eigenvalue weighted by molar-refractivity contribution is 7.98. The minimum atomic E-state index is 0.190. The average molecular weight is 329 g/mol. The molecule has 120 valence electrons. The van der Waals surface area contributed by atoms with Crippen LogP contribution in [0.5, 0.6) is 5.75 Å². The van der Waals surface area contributed by atoms with Crippen molar-refractivity contribution in [1.82, 2.24) is 14.8 Å². The smallest absolute Gasteiger partial charge is 0.191 e. The van der Waals surface area contributed by atoms with Crippen LogP contribution in [-0.4, -0.2) is 20.9 Å². The molecule has 3 rings (SSSR count). The molecule has 0 atom stereocenters. The van der Waals surface area contributed by atoms with Crippen LogP contribution in [0.4, 0.5) is 0 Å². The second kappa shape index (κ2) is 7.37. The van der Waals surface area contributed by atoms with Crippen LogP contribution in [0.2, 0.25) is 0 Å². The van der Waals surface area contributed by atoms with Crippen LogP contribution in [-0.2, 0) is 12.3 Å². The monoisotopic (exact) mass is 329 g/mol. The molecular weight excluding hydrogens is 310 g/mol. The van der Waals surface area contributed by atoms with Crippen molar-refractivity contribution < 1.29 is 9.15 Å². The SMILES string of the molecule is CC(C)Oc1ccc(CSc2nncn2Cc2ccco2)cc1. The van der Waals surface area contributed by atoms with Crippen molar-refractivity contribution in [2.45, 2.75) is 37.4 Å². The molecule has 0 N–H and O–H groups in total. The third-order valence-corrected chi connectivity index (χ3v) is 4.20. The van der Waals surface area contributed by atoms with Crippen molar-refractivity contribution in [3.63, 3.8) is 0 Å². The molecule has 3 aromatic rings. The largest absolute Gasteiger partial charge is 0.491 e. The van der Waals surface area contributed by atoms with E-state index in [2.05, 4.69) is 22.3 Å². The minimum Gasteiger partial charge on any atom is -0.491 e. The summed E-state index contributed by atoms with van der Waals surface area (Å²) in [5.41, 5.74) is 1.22. The van der Waals surface area contributed by atoms with Gasteiger partial charge in [-0.25, -0.2) is 0 Å². The number of ether oxygens (including phenoxy) is 1. The first kappa shape index (κ1) is 15.7. The van der Waals surface area contributed by atoms with Crippen LogP contribution >= 0.6 is 11.8 Å². The molecule has 0 saturated heterocycles. The van der Waals surface area contributed by atoms with Gasteiger partial charge in [-0.05, 0) is 43.7 Å². The maximum atomic E-state index is 5.65. The van der Waals surface area contributed by atoms with Crippen molar-refractivity contribution in [2.75, 3.05) is 0 Å². The van der Waals surface area contributed by atoms with Crippen molar-refractivity contribution in [2.24, 2.45) is 0 Å². The Morgan fingerprint density at radius 2 is 2.04 bits per heavy atom.